The van der Waals surface area contributed by atoms with E-state index in [1.165, 1.54) is 13.8 Å². The van der Waals surface area contributed by atoms with Crippen molar-refractivity contribution in [1.29, 1.82) is 0 Å². The number of benzene rings is 1. The molecule has 0 fully saturated rings. The molecule has 0 unspecified atom stereocenters. The van der Waals surface area contributed by atoms with Crippen molar-refractivity contribution in [2.45, 2.75) is 13.8 Å². The molecule has 0 saturated carbocycles. The molecule has 92 valence electrons. The van der Waals surface area contributed by atoms with Gasteiger partial charge < -0.3 is 9.64 Å². The smallest absolute Gasteiger partial charge is 0.219 e. The first-order valence-electron chi connectivity index (χ1n) is 5.46. The van der Waals surface area contributed by atoms with E-state index in [0.29, 0.717) is 24.5 Å². The lowest BCUT2D eigenvalue weighted by Gasteiger charge is -2.15. The first-order valence-corrected chi connectivity index (χ1v) is 5.46. The van der Waals surface area contributed by atoms with Crippen LogP contribution < -0.4 is 4.74 Å². The number of nitrogens with zero attached hydrogens (tertiary/aromatic N) is 1. The normalized spacial score (nSPS) is 9.82. The minimum Gasteiger partial charge on any atom is -0.492 e. The molecule has 0 spiro atoms. The molecule has 0 saturated heterocycles. The van der Waals surface area contributed by atoms with Gasteiger partial charge in [-0.05, 0) is 31.2 Å². The summed E-state index contributed by atoms with van der Waals surface area (Å²) in [5.41, 5.74) is 0.665. The van der Waals surface area contributed by atoms with Gasteiger partial charge in [0, 0.05) is 19.5 Å². The SMILES string of the molecule is CC(=O)c1ccc(OCCN(C)C(C)=O)cc1. The molecule has 17 heavy (non-hydrogen) atoms. The highest BCUT2D eigenvalue weighted by Crippen LogP contribution is 2.12. The molecule has 1 aromatic carbocycles. The number of carbonyl (C=O) groups is 2. The molecule has 1 amide bonds. The van der Waals surface area contributed by atoms with Crippen molar-refractivity contribution in [2.24, 2.45) is 0 Å². The number of amides is 1. The third-order valence-corrected chi connectivity index (χ3v) is 2.49. The molecule has 0 atom stereocenters. The highest BCUT2D eigenvalue weighted by Gasteiger charge is 2.02. The molecule has 0 bridgehead atoms. The number of ether oxygens (including phenoxy) is 1. The third kappa shape index (κ3) is 4.26. The van der Waals surface area contributed by atoms with Gasteiger partial charge in [0.05, 0.1) is 6.54 Å². The molecule has 0 radical (unpaired) electrons. The molecular formula is C13H17NO3. The zero-order valence-corrected chi connectivity index (χ0v) is 10.4. The van der Waals surface area contributed by atoms with Crippen molar-refractivity contribution in [3.05, 3.63) is 29.8 Å². The topological polar surface area (TPSA) is 46.6 Å². The van der Waals surface area contributed by atoms with Crippen LogP contribution in [0.2, 0.25) is 0 Å². The maximum Gasteiger partial charge on any atom is 0.219 e. The molecule has 4 heteroatoms. The van der Waals surface area contributed by atoms with Gasteiger partial charge in [-0.3, -0.25) is 9.59 Å². The summed E-state index contributed by atoms with van der Waals surface area (Å²) in [6, 6.07) is 6.97. The van der Waals surface area contributed by atoms with Crippen LogP contribution in [0.25, 0.3) is 0 Å². The Labute approximate surface area is 101 Å². The highest BCUT2D eigenvalue weighted by molar-refractivity contribution is 5.94. The zero-order chi connectivity index (χ0) is 12.8. The van der Waals surface area contributed by atoms with Crippen LogP contribution in [0.4, 0.5) is 0 Å². The fraction of sp³-hybridized carbons (Fsp3) is 0.385. The number of likely N-dealkylation sites (N-methyl/N-ethyl adjacent to an activating group) is 1. The Morgan fingerprint density at radius 3 is 2.24 bits per heavy atom. The Hall–Kier alpha value is -1.84. The predicted molar refractivity (Wildman–Crippen MR) is 65.3 cm³/mol. The van der Waals surface area contributed by atoms with E-state index in [2.05, 4.69) is 0 Å². The highest BCUT2D eigenvalue weighted by atomic mass is 16.5. The molecular weight excluding hydrogens is 218 g/mol. The summed E-state index contributed by atoms with van der Waals surface area (Å²) in [6.45, 7) is 4.03. The van der Waals surface area contributed by atoms with Gasteiger partial charge in [0.1, 0.15) is 12.4 Å². The Morgan fingerprint density at radius 1 is 1.18 bits per heavy atom. The van der Waals surface area contributed by atoms with E-state index >= 15 is 0 Å². The molecule has 0 aliphatic carbocycles. The second kappa shape index (κ2) is 6.03. The van der Waals surface area contributed by atoms with Crippen molar-refractivity contribution in [3.63, 3.8) is 0 Å². The minimum atomic E-state index is 0.0144. The van der Waals surface area contributed by atoms with E-state index in [0.717, 1.165) is 0 Å². The van der Waals surface area contributed by atoms with Gasteiger partial charge in [-0.25, -0.2) is 0 Å². The summed E-state index contributed by atoms with van der Waals surface area (Å²) in [5.74, 6) is 0.750. The number of hydrogen-bond acceptors (Lipinski definition) is 3. The van der Waals surface area contributed by atoms with Crippen molar-refractivity contribution in [3.8, 4) is 5.75 Å². The summed E-state index contributed by atoms with van der Waals surface area (Å²) >= 11 is 0. The zero-order valence-electron chi connectivity index (χ0n) is 10.4. The lowest BCUT2D eigenvalue weighted by molar-refractivity contribution is -0.127. The van der Waals surface area contributed by atoms with Gasteiger partial charge in [0.25, 0.3) is 0 Å². The number of hydrogen-bond donors (Lipinski definition) is 0. The number of ketones is 1. The van der Waals surface area contributed by atoms with E-state index in [4.69, 9.17) is 4.74 Å². The average Bonchev–Trinajstić information content (AvgIpc) is 2.29. The van der Waals surface area contributed by atoms with Crippen LogP contribution in [0.3, 0.4) is 0 Å². The molecule has 0 heterocycles. The summed E-state index contributed by atoms with van der Waals surface area (Å²) in [5, 5.41) is 0. The number of carbonyl (C=O) groups excluding carboxylic acids is 2. The molecule has 1 aromatic rings. The van der Waals surface area contributed by atoms with Crippen LogP contribution in [0.1, 0.15) is 24.2 Å². The first kappa shape index (κ1) is 13.2. The summed E-state index contributed by atoms with van der Waals surface area (Å²) in [4.78, 5) is 23.6. The third-order valence-electron chi connectivity index (χ3n) is 2.49. The van der Waals surface area contributed by atoms with Crippen LogP contribution in [0.15, 0.2) is 24.3 Å². The van der Waals surface area contributed by atoms with E-state index in [9.17, 15) is 9.59 Å². The fourth-order valence-corrected chi connectivity index (χ4v) is 1.24. The van der Waals surface area contributed by atoms with Crippen LogP contribution >= 0.6 is 0 Å². The maximum atomic E-state index is 11.1. The van der Waals surface area contributed by atoms with Crippen molar-refractivity contribution >= 4 is 11.7 Å². The molecule has 0 N–H and O–H groups in total. The molecule has 0 aromatic heterocycles. The van der Waals surface area contributed by atoms with Crippen LogP contribution in [0.5, 0.6) is 5.75 Å². The summed E-state index contributed by atoms with van der Waals surface area (Å²) in [7, 11) is 1.73. The Morgan fingerprint density at radius 2 is 1.76 bits per heavy atom. The maximum absolute atomic E-state index is 11.1. The van der Waals surface area contributed by atoms with Gasteiger partial charge in [0.15, 0.2) is 5.78 Å². The number of rotatable bonds is 5. The second-order valence-corrected chi connectivity index (χ2v) is 3.87. The average molecular weight is 235 g/mol. The van der Waals surface area contributed by atoms with E-state index < -0.39 is 0 Å². The predicted octanol–water partition coefficient (Wildman–Crippen LogP) is 1.75. The van der Waals surface area contributed by atoms with Gasteiger partial charge >= 0.3 is 0 Å². The van der Waals surface area contributed by atoms with Crippen molar-refractivity contribution < 1.29 is 14.3 Å². The van der Waals surface area contributed by atoms with E-state index in [-0.39, 0.29) is 11.7 Å². The largest absolute Gasteiger partial charge is 0.492 e. The Bertz CT molecular complexity index is 398. The molecule has 0 aliphatic rings. The lowest BCUT2D eigenvalue weighted by atomic mass is 10.1. The first-order chi connectivity index (χ1) is 8.00. The lowest BCUT2D eigenvalue weighted by Crippen LogP contribution is -2.28. The number of Topliss-reactive ketones (excluding diaryl/α,β-unsaturated/α-hetero) is 1. The quantitative estimate of drug-likeness (QED) is 0.730. The van der Waals surface area contributed by atoms with Gasteiger partial charge in [-0.15, -0.1) is 0 Å². The second-order valence-electron chi connectivity index (χ2n) is 3.87. The summed E-state index contributed by atoms with van der Waals surface area (Å²) < 4.78 is 5.46. The van der Waals surface area contributed by atoms with E-state index in [1.807, 2.05) is 0 Å². The van der Waals surface area contributed by atoms with Gasteiger partial charge in [-0.1, -0.05) is 0 Å². The molecule has 1 rings (SSSR count). The van der Waals surface area contributed by atoms with Crippen LogP contribution in [-0.4, -0.2) is 36.8 Å². The minimum absolute atomic E-state index is 0.0144. The van der Waals surface area contributed by atoms with Crippen molar-refractivity contribution in [2.75, 3.05) is 20.2 Å². The van der Waals surface area contributed by atoms with Crippen LogP contribution in [0, 0.1) is 0 Å². The van der Waals surface area contributed by atoms with Crippen molar-refractivity contribution in [1.82, 2.24) is 4.90 Å². The Kier molecular flexibility index (Phi) is 4.69. The van der Waals surface area contributed by atoms with Gasteiger partial charge in [0.2, 0.25) is 5.91 Å². The van der Waals surface area contributed by atoms with Gasteiger partial charge in [-0.2, -0.15) is 0 Å². The molecule has 4 nitrogen and oxygen atoms in total. The Balaban J connectivity index is 2.42. The summed E-state index contributed by atoms with van der Waals surface area (Å²) in [6.07, 6.45) is 0. The standard InChI is InChI=1S/C13H17NO3/c1-10(15)12-4-6-13(7-5-12)17-9-8-14(3)11(2)16/h4-7H,8-9H2,1-3H3. The van der Waals surface area contributed by atoms with Crippen LogP contribution in [-0.2, 0) is 4.79 Å². The monoisotopic (exact) mass is 235 g/mol. The van der Waals surface area contributed by atoms with E-state index in [1.54, 1.807) is 36.2 Å². The molecule has 0 aliphatic heterocycles. The fourth-order valence-electron chi connectivity index (χ4n) is 1.24.